The number of rotatable bonds is 7. The molecule has 1 aliphatic rings. The summed E-state index contributed by atoms with van der Waals surface area (Å²) in [4.78, 5) is 3.45. The summed E-state index contributed by atoms with van der Waals surface area (Å²) < 4.78 is 0. The number of hydrogen-bond acceptors (Lipinski definition) is 3. The lowest BCUT2D eigenvalue weighted by Crippen LogP contribution is -2.31. The molecule has 26 heavy (non-hydrogen) atoms. The Labute approximate surface area is 162 Å². The Hall–Kier alpha value is -1.29. The molecule has 0 spiro atoms. The molecule has 0 heterocycles. The van der Waals surface area contributed by atoms with Crippen molar-refractivity contribution in [2.24, 2.45) is 0 Å². The highest BCUT2D eigenvalue weighted by Gasteiger charge is 2.31. The van der Waals surface area contributed by atoms with Gasteiger partial charge in [-0.05, 0) is 56.6 Å². The van der Waals surface area contributed by atoms with Crippen molar-refractivity contribution in [2.75, 3.05) is 20.6 Å². The van der Waals surface area contributed by atoms with Crippen LogP contribution >= 0.6 is 11.8 Å². The molecule has 1 aliphatic carbocycles. The van der Waals surface area contributed by atoms with Crippen LogP contribution in [-0.2, 0) is 5.60 Å². The van der Waals surface area contributed by atoms with Crippen LogP contribution in [0.3, 0.4) is 0 Å². The zero-order valence-electron chi connectivity index (χ0n) is 16.0. The first-order chi connectivity index (χ1) is 12.6. The molecule has 3 heteroatoms. The number of benzene rings is 2. The van der Waals surface area contributed by atoms with E-state index < -0.39 is 5.60 Å². The summed E-state index contributed by atoms with van der Waals surface area (Å²) in [6, 6.07) is 18.7. The largest absolute Gasteiger partial charge is 0.380 e. The van der Waals surface area contributed by atoms with Crippen LogP contribution in [0.5, 0.6) is 0 Å². The van der Waals surface area contributed by atoms with Gasteiger partial charge in [0.25, 0.3) is 0 Å². The van der Waals surface area contributed by atoms with E-state index >= 15 is 0 Å². The highest BCUT2D eigenvalue weighted by atomic mass is 32.2. The predicted octanol–water partition coefficient (Wildman–Crippen LogP) is 5.30. The van der Waals surface area contributed by atoms with E-state index in [0.717, 1.165) is 22.9 Å². The van der Waals surface area contributed by atoms with Crippen molar-refractivity contribution in [3.05, 3.63) is 65.7 Å². The number of thioether (sulfide) groups is 1. The fourth-order valence-electron chi connectivity index (χ4n) is 3.74. The molecule has 0 aliphatic heterocycles. The van der Waals surface area contributed by atoms with Crippen molar-refractivity contribution in [3.63, 3.8) is 0 Å². The van der Waals surface area contributed by atoms with E-state index in [-0.39, 0.29) is 0 Å². The van der Waals surface area contributed by atoms with Crippen LogP contribution in [0, 0.1) is 0 Å². The van der Waals surface area contributed by atoms with Crippen molar-refractivity contribution in [2.45, 2.75) is 54.3 Å². The van der Waals surface area contributed by atoms with Crippen LogP contribution in [0.4, 0.5) is 0 Å². The lowest BCUT2D eigenvalue weighted by Gasteiger charge is -2.31. The average Bonchev–Trinajstić information content (AvgIpc) is 2.68. The van der Waals surface area contributed by atoms with E-state index in [2.05, 4.69) is 43.3 Å². The SMILES string of the molecule is CN(C)CCC(O)(c1ccccc1)c1ccc(SC2CCCCC2)cc1. The van der Waals surface area contributed by atoms with E-state index in [1.165, 1.54) is 37.0 Å². The minimum absolute atomic E-state index is 0.680. The van der Waals surface area contributed by atoms with Gasteiger partial charge in [-0.15, -0.1) is 11.8 Å². The molecule has 140 valence electrons. The van der Waals surface area contributed by atoms with Gasteiger partial charge in [0.2, 0.25) is 0 Å². The number of nitrogens with zero attached hydrogens (tertiary/aromatic N) is 1. The van der Waals surface area contributed by atoms with Crippen molar-refractivity contribution in [1.82, 2.24) is 4.90 Å². The van der Waals surface area contributed by atoms with Crippen LogP contribution in [0.2, 0.25) is 0 Å². The molecule has 1 saturated carbocycles. The lowest BCUT2D eigenvalue weighted by molar-refractivity contribution is 0.0628. The summed E-state index contributed by atoms with van der Waals surface area (Å²) >= 11 is 2.01. The Kier molecular flexibility index (Phi) is 6.80. The molecule has 3 rings (SSSR count). The Morgan fingerprint density at radius 1 is 0.923 bits per heavy atom. The Balaban J connectivity index is 1.79. The van der Waals surface area contributed by atoms with Gasteiger partial charge in [0.1, 0.15) is 5.60 Å². The maximum Gasteiger partial charge on any atom is 0.116 e. The molecule has 0 aromatic heterocycles. The molecule has 0 bridgehead atoms. The lowest BCUT2D eigenvalue weighted by atomic mass is 9.83. The zero-order chi connectivity index (χ0) is 18.4. The highest BCUT2D eigenvalue weighted by molar-refractivity contribution is 8.00. The van der Waals surface area contributed by atoms with Crippen LogP contribution in [0.15, 0.2) is 59.5 Å². The quantitative estimate of drug-likeness (QED) is 0.716. The molecule has 1 fully saturated rings. The summed E-state index contributed by atoms with van der Waals surface area (Å²) in [6.07, 6.45) is 7.49. The summed E-state index contributed by atoms with van der Waals surface area (Å²) in [6.45, 7) is 0.837. The van der Waals surface area contributed by atoms with E-state index in [1.807, 2.05) is 42.1 Å². The standard InChI is InChI=1S/C23H31NOS/c1-24(2)18-17-23(25,19-9-5-3-6-10-19)20-13-15-22(16-14-20)26-21-11-7-4-8-12-21/h3,5-6,9-10,13-16,21,25H,4,7-8,11-12,17-18H2,1-2H3. The second-order valence-electron chi connectivity index (χ2n) is 7.68. The summed E-state index contributed by atoms with van der Waals surface area (Å²) in [5.74, 6) is 0. The van der Waals surface area contributed by atoms with Gasteiger partial charge in [-0.1, -0.05) is 61.7 Å². The van der Waals surface area contributed by atoms with Gasteiger partial charge in [0.15, 0.2) is 0 Å². The first-order valence-electron chi connectivity index (χ1n) is 9.78. The van der Waals surface area contributed by atoms with Crippen LogP contribution in [-0.4, -0.2) is 35.9 Å². The zero-order valence-corrected chi connectivity index (χ0v) is 16.8. The maximum atomic E-state index is 11.6. The molecule has 1 N–H and O–H groups in total. The Morgan fingerprint density at radius 3 is 2.15 bits per heavy atom. The minimum atomic E-state index is -0.945. The molecule has 2 aromatic rings. The third kappa shape index (κ3) is 4.91. The van der Waals surface area contributed by atoms with E-state index in [4.69, 9.17) is 0 Å². The van der Waals surface area contributed by atoms with Gasteiger partial charge in [0.05, 0.1) is 0 Å². The predicted molar refractivity (Wildman–Crippen MR) is 112 cm³/mol. The topological polar surface area (TPSA) is 23.5 Å². The van der Waals surface area contributed by atoms with Crippen molar-refractivity contribution in [1.29, 1.82) is 0 Å². The third-order valence-electron chi connectivity index (χ3n) is 5.36. The average molecular weight is 370 g/mol. The molecule has 2 nitrogen and oxygen atoms in total. The van der Waals surface area contributed by atoms with Gasteiger partial charge >= 0.3 is 0 Å². The highest BCUT2D eigenvalue weighted by Crippen LogP contribution is 2.37. The second kappa shape index (κ2) is 9.07. The number of hydrogen-bond donors (Lipinski definition) is 1. The minimum Gasteiger partial charge on any atom is -0.380 e. The second-order valence-corrected chi connectivity index (χ2v) is 9.06. The molecule has 0 saturated heterocycles. The number of aliphatic hydroxyl groups is 1. The fraction of sp³-hybridized carbons (Fsp3) is 0.478. The van der Waals surface area contributed by atoms with E-state index in [9.17, 15) is 5.11 Å². The van der Waals surface area contributed by atoms with Gasteiger partial charge in [-0.25, -0.2) is 0 Å². The molecular formula is C23H31NOS. The first-order valence-corrected chi connectivity index (χ1v) is 10.7. The summed E-state index contributed by atoms with van der Waals surface area (Å²) in [5.41, 5.74) is 1.01. The Morgan fingerprint density at radius 2 is 1.54 bits per heavy atom. The third-order valence-corrected chi connectivity index (χ3v) is 6.71. The monoisotopic (exact) mass is 369 g/mol. The molecule has 0 radical (unpaired) electrons. The first kappa shape index (κ1) is 19.5. The molecule has 0 amide bonds. The van der Waals surface area contributed by atoms with Crippen molar-refractivity contribution < 1.29 is 5.11 Å². The molecule has 1 atom stereocenters. The van der Waals surface area contributed by atoms with Crippen LogP contribution in [0.1, 0.15) is 49.7 Å². The van der Waals surface area contributed by atoms with Gasteiger partial charge in [-0.3, -0.25) is 0 Å². The van der Waals surface area contributed by atoms with E-state index in [0.29, 0.717) is 6.42 Å². The van der Waals surface area contributed by atoms with Crippen LogP contribution < -0.4 is 0 Å². The van der Waals surface area contributed by atoms with Gasteiger partial charge < -0.3 is 10.0 Å². The summed E-state index contributed by atoms with van der Waals surface area (Å²) in [7, 11) is 4.10. The molecular weight excluding hydrogens is 338 g/mol. The van der Waals surface area contributed by atoms with E-state index in [1.54, 1.807) is 0 Å². The molecule has 1 unspecified atom stereocenters. The maximum absolute atomic E-state index is 11.6. The molecule has 2 aromatic carbocycles. The van der Waals surface area contributed by atoms with Crippen molar-refractivity contribution >= 4 is 11.8 Å². The van der Waals surface area contributed by atoms with Crippen molar-refractivity contribution in [3.8, 4) is 0 Å². The smallest absolute Gasteiger partial charge is 0.116 e. The summed E-state index contributed by atoms with van der Waals surface area (Å²) in [5, 5.41) is 12.3. The normalized spacial score (nSPS) is 18.0. The fourth-order valence-corrected chi connectivity index (χ4v) is 4.99. The van der Waals surface area contributed by atoms with Gasteiger partial charge in [-0.2, -0.15) is 0 Å². The van der Waals surface area contributed by atoms with Gasteiger partial charge in [0, 0.05) is 16.7 Å². The van der Waals surface area contributed by atoms with Crippen LogP contribution in [0.25, 0.3) is 0 Å². The Bertz CT molecular complexity index is 664.